The summed E-state index contributed by atoms with van der Waals surface area (Å²) in [7, 11) is 0. The molecule has 4 rings (SSSR count). The van der Waals surface area contributed by atoms with Gasteiger partial charge in [-0.3, -0.25) is 9.69 Å². The summed E-state index contributed by atoms with van der Waals surface area (Å²) in [4.78, 5) is 14.6. The molecule has 2 atom stereocenters. The molecule has 0 bridgehead atoms. The van der Waals surface area contributed by atoms with Crippen LogP contribution < -0.4 is 5.32 Å². The third-order valence-corrected chi connectivity index (χ3v) is 5.60. The number of carbonyl (C=O) groups excluding carboxylic acids is 1. The van der Waals surface area contributed by atoms with Gasteiger partial charge in [0.05, 0.1) is 0 Å². The first-order valence-electron chi connectivity index (χ1n) is 8.18. The Morgan fingerprint density at radius 1 is 1.35 bits per heavy atom. The maximum atomic E-state index is 12.1. The fourth-order valence-corrected chi connectivity index (χ4v) is 4.46. The first-order valence-corrected chi connectivity index (χ1v) is 9.12. The van der Waals surface area contributed by atoms with Gasteiger partial charge in [0.15, 0.2) is 0 Å². The number of nitrogens with zero attached hydrogens (tertiary/aromatic N) is 4. The number of nitrogens with one attached hydrogen (secondary N) is 1. The molecule has 2 unspecified atom stereocenters. The molecule has 2 aliphatic heterocycles. The molecular weight excluding hydrogens is 310 g/mol. The van der Waals surface area contributed by atoms with Crippen LogP contribution in [0.4, 0.5) is 0 Å². The van der Waals surface area contributed by atoms with Gasteiger partial charge in [0.25, 0.3) is 5.91 Å². The molecule has 2 aromatic heterocycles. The largest absolute Gasteiger partial charge is 0.350 e. The zero-order valence-electron chi connectivity index (χ0n) is 13.2. The van der Waals surface area contributed by atoms with Crippen molar-refractivity contribution in [1.82, 2.24) is 25.0 Å². The van der Waals surface area contributed by atoms with E-state index in [9.17, 15) is 4.79 Å². The zero-order valence-corrected chi connectivity index (χ0v) is 14.1. The molecule has 2 aliphatic rings. The number of amides is 1. The molecule has 4 heterocycles. The van der Waals surface area contributed by atoms with Crippen LogP contribution in [0, 0.1) is 11.8 Å². The summed E-state index contributed by atoms with van der Waals surface area (Å²) in [5.74, 6) is 2.54. The normalized spacial score (nSPS) is 23.5. The average Bonchev–Trinajstić information content (AvgIpc) is 3.23. The number of fused-ring (bicyclic) bond motifs is 2. The van der Waals surface area contributed by atoms with Crippen molar-refractivity contribution >= 4 is 17.2 Å². The van der Waals surface area contributed by atoms with Gasteiger partial charge >= 0.3 is 0 Å². The molecule has 0 spiro atoms. The van der Waals surface area contributed by atoms with Crippen LogP contribution in [0.25, 0.3) is 0 Å². The Balaban J connectivity index is 1.47. The highest BCUT2D eigenvalue weighted by molar-refractivity contribution is 7.07. The monoisotopic (exact) mass is 331 g/mol. The Kier molecular flexibility index (Phi) is 3.90. The summed E-state index contributed by atoms with van der Waals surface area (Å²) >= 11 is 1.76. The summed E-state index contributed by atoms with van der Waals surface area (Å²) in [5.41, 5.74) is 1.40. The molecule has 6 nitrogen and oxygen atoms in total. The molecular formula is C16H21N5OS. The topological polar surface area (TPSA) is 63.1 Å². The summed E-state index contributed by atoms with van der Waals surface area (Å²) in [5, 5.41) is 15.6. The highest BCUT2D eigenvalue weighted by atomic mass is 32.1. The van der Waals surface area contributed by atoms with Gasteiger partial charge in [-0.2, -0.15) is 11.3 Å². The molecule has 0 radical (unpaired) electrons. The Hall–Kier alpha value is -1.73. The summed E-state index contributed by atoms with van der Waals surface area (Å²) in [6, 6.07) is 2.20. The zero-order chi connectivity index (χ0) is 15.8. The molecule has 122 valence electrons. The second kappa shape index (κ2) is 6.05. The smallest absolute Gasteiger partial charge is 0.289 e. The molecule has 1 saturated heterocycles. The third-order valence-electron chi connectivity index (χ3n) is 4.87. The lowest BCUT2D eigenvalue weighted by Crippen LogP contribution is -2.33. The predicted molar refractivity (Wildman–Crippen MR) is 88.3 cm³/mol. The van der Waals surface area contributed by atoms with Gasteiger partial charge < -0.3 is 9.88 Å². The van der Waals surface area contributed by atoms with Crippen LogP contribution in [0.5, 0.6) is 0 Å². The van der Waals surface area contributed by atoms with Crippen molar-refractivity contribution in [3.05, 3.63) is 34.0 Å². The Bertz CT molecular complexity index is 695. The standard InChI is InChI=1S/C16H21N5OS/c1-2-17-16(22)15-19-18-14-5-12-7-20(6-11-3-4-23-10-11)8-13(12)9-21(14)15/h3-4,10,12-13H,2,5-9H2,1H3,(H,17,22). The fraction of sp³-hybridized carbons (Fsp3) is 0.562. The van der Waals surface area contributed by atoms with Crippen LogP contribution in [-0.4, -0.2) is 45.2 Å². The molecule has 23 heavy (non-hydrogen) atoms. The molecule has 2 aromatic rings. The van der Waals surface area contributed by atoms with E-state index in [1.807, 2.05) is 11.5 Å². The van der Waals surface area contributed by atoms with Crippen LogP contribution in [0.15, 0.2) is 16.8 Å². The first kappa shape index (κ1) is 14.8. The lowest BCUT2D eigenvalue weighted by molar-refractivity contribution is 0.0937. The van der Waals surface area contributed by atoms with Gasteiger partial charge in [-0.05, 0) is 41.1 Å². The van der Waals surface area contributed by atoms with E-state index in [1.165, 1.54) is 5.56 Å². The Morgan fingerprint density at radius 3 is 3.00 bits per heavy atom. The summed E-state index contributed by atoms with van der Waals surface area (Å²) in [6.07, 6.45) is 0.928. The predicted octanol–water partition coefficient (Wildman–Crippen LogP) is 1.39. The van der Waals surface area contributed by atoms with E-state index >= 15 is 0 Å². The van der Waals surface area contributed by atoms with E-state index in [0.717, 1.165) is 38.4 Å². The van der Waals surface area contributed by atoms with Gasteiger partial charge in [-0.1, -0.05) is 0 Å². The number of hydrogen-bond acceptors (Lipinski definition) is 5. The van der Waals surface area contributed by atoms with Crippen molar-refractivity contribution in [1.29, 1.82) is 0 Å². The number of aromatic nitrogens is 3. The number of hydrogen-bond donors (Lipinski definition) is 1. The van der Waals surface area contributed by atoms with Gasteiger partial charge in [-0.25, -0.2) is 0 Å². The second-order valence-corrected chi connectivity index (χ2v) is 7.24. The molecule has 1 N–H and O–H groups in total. The van der Waals surface area contributed by atoms with Crippen molar-refractivity contribution in [3.8, 4) is 0 Å². The van der Waals surface area contributed by atoms with E-state index in [-0.39, 0.29) is 5.91 Å². The van der Waals surface area contributed by atoms with E-state index < -0.39 is 0 Å². The third kappa shape index (κ3) is 2.79. The van der Waals surface area contributed by atoms with E-state index in [1.54, 1.807) is 11.3 Å². The molecule has 7 heteroatoms. The molecule has 0 saturated carbocycles. The lowest BCUT2D eigenvalue weighted by atomic mass is 9.89. The van der Waals surface area contributed by atoms with E-state index in [0.29, 0.717) is 24.2 Å². The van der Waals surface area contributed by atoms with Gasteiger partial charge in [0.2, 0.25) is 5.82 Å². The number of likely N-dealkylation sites (tertiary alicyclic amines) is 1. The fourth-order valence-electron chi connectivity index (χ4n) is 3.80. The van der Waals surface area contributed by atoms with Gasteiger partial charge in [0, 0.05) is 39.1 Å². The minimum Gasteiger partial charge on any atom is -0.350 e. The number of thiophene rings is 1. The highest BCUT2D eigenvalue weighted by Gasteiger charge is 2.38. The molecule has 1 fully saturated rings. The van der Waals surface area contributed by atoms with Crippen molar-refractivity contribution in [2.45, 2.75) is 26.4 Å². The SMILES string of the molecule is CCNC(=O)c1nnc2n1CC1CN(Cc3ccsc3)CC1C2. The molecule has 0 aromatic carbocycles. The van der Waals surface area contributed by atoms with E-state index in [2.05, 4.69) is 37.2 Å². The van der Waals surface area contributed by atoms with Crippen LogP contribution in [0.2, 0.25) is 0 Å². The average molecular weight is 331 g/mol. The summed E-state index contributed by atoms with van der Waals surface area (Å²) in [6.45, 7) is 6.62. The van der Waals surface area contributed by atoms with Crippen molar-refractivity contribution in [2.24, 2.45) is 11.8 Å². The Morgan fingerprint density at radius 2 is 2.22 bits per heavy atom. The Labute approximate surface area is 139 Å². The van der Waals surface area contributed by atoms with Crippen molar-refractivity contribution in [3.63, 3.8) is 0 Å². The maximum Gasteiger partial charge on any atom is 0.289 e. The second-order valence-electron chi connectivity index (χ2n) is 6.46. The minimum absolute atomic E-state index is 0.113. The van der Waals surface area contributed by atoms with Crippen LogP contribution in [0.3, 0.4) is 0 Å². The highest BCUT2D eigenvalue weighted by Crippen LogP contribution is 2.33. The quantitative estimate of drug-likeness (QED) is 0.920. The minimum atomic E-state index is -0.113. The van der Waals surface area contributed by atoms with Crippen molar-refractivity contribution in [2.75, 3.05) is 19.6 Å². The van der Waals surface area contributed by atoms with Crippen LogP contribution >= 0.6 is 11.3 Å². The van der Waals surface area contributed by atoms with Crippen molar-refractivity contribution < 1.29 is 4.79 Å². The van der Waals surface area contributed by atoms with E-state index in [4.69, 9.17) is 0 Å². The summed E-state index contributed by atoms with van der Waals surface area (Å²) < 4.78 is 2.03. The van der Waals surface area contributed by atoms with Gasteiger partial charge in [-0.15, -0.1) is 10.2 Å². The van der Waals surface area contributed by atoms with Crippen LogP contribution in [0.1, 0.15) is 28.9 Å². The number of rotatable bonds is 4. The first-order chi connectivity index (χ1) is 11.2. The number of carbonyl (C=O) groups is 1. The molecule has 0 aliphatic carbocycles. The van der Waals surface area contributed by atoms with Gasteiger partial charge in [0.1, 0.15) is 5.82 Å². The molecule has 1 amide bonds. The van der Waals surface area contributed by atoms with Crippen LogP contribution in [-0.2, 0) is 19.5 Å². The lowest BCUT2D eigenvalue weighted by Gasteiger charge is -2.25. The maximum absolute atomic E-state index is 12.1.